The van der Waals surface area contributed by atoms with E-state index in [1.165, 1.54) is 140 Å². The Morgan fingerprint density at radius 2 is 0.929 bits per heavy atom. The van der Waals surface area contributed by atoms with E-state index in [9.17, 15) is 0 Å². The van der Waals surface area contributed by atoms with Crippen molar-refractivity contribution in [2.75, 3.05) is 18.6 Å². The number of benzene rings is 2. The Labute approximate surface area is 267 Å². The molecule has 3 nitrogen and oxygen atoms in total. The summed E-state index contributed by atoms with van der Waals surface area (Å²) in [6.07, 6.45) is 27.2. The van der Waals surface area contributed by atoms with Crippen LogP contribution in [0.1, 0.15) is 142 Å². The van der Waals surface area contributed by atoms with Gasteiger partial charge in [-0.15, -0.1) is 23.5 Å². The minimum absolute atomic E-state index is 0.862. The molecule has 0 saturated heterocycles. The average Bonchev–Trinajstić information content (AvgIpc) is 3.02. The predicted octanol–water partition coefficient (Wildman–Crippen LogP) is 14.1. The highest BCUT2D eigenvalue weighted by Crippen LogP contribution is 2.42. The van der Waals surface area contributed by atoms with Crippen molar-refractivity contribution in [3.63, 3.8) is 0 Å². The van der Waals surface area contributed by atoms with Gasteiger partial charge >= 0.3 is 0 Å². The maximum Gasteiger partial charge on any atom is 0.118 e. The summed E-state index contributed by atoms with van der Waals surface area (Å²) in [4.78, 5) is 2.31. The number of hydrogen-bond donors (Lipinski definition) is 1. The maximum absolute atomic E-state index is 8.04. The quantitative estimate of drug-likeness (QED) is 0.0620. The number of rotatable bonds is 27. The van der Waals surface area contributed by atoms with Crippen molar-refractivity contribution in [1.82, 2.24) is 0 Å². The second-order valence-electron chi connectivity index (χ2n) is 11.7. The summed E-state index contributed by atoms with van der Waals surface area (Å²) in [6.45, 7) is 4.57. The highest BCUT2D eigenvalue weighted by Gasteiger charge is 2.14. The summed E-state index contributed by atoms with van der Waals surface area (Å²) in [6, 6.07) is 12.8. The first-order valence-electron chi connectivity index (χ1n) is 17.2. The van der Waals surface area contributed by atoms with Gasteiger partial charge < -0.3 is 4.74 Å². The largest absolute Gasteiger partial charge is 0.497 e. The van der Waals surface area contributed by atoms with Gasteiger partial charge in [-0.05, 0) is 59.7 Å². The molecule has 2 aromatic rings. The van der Waals surface area contributed by atoms with Gasteiger partial charge in [-0.1, -0.05) is 142 Å². The molecule has 42 heavy (non-hydrogen) atoms. The van der Waals surface area contributed by atoms with Crippen molar-refractivity contribution >= 4 is 29.2 Å². The van der Waals surface area contributed by atoms with Crippen LogP contribution in [0.2, 0.25) is 0 Å². The van der Waals surface area contributed by atoms with Crippen LogP contribution in [0, 0.1) is 5.53 Å². The van der Waals surface area contributed by atoms with Gasteiger partial charge in [0.2, 0.25) is 0 Å². The van der Waals surface area contributed by atoms with E-state index in [-0.39, 0.29) is 0 Å². The molecule has 0 amide bonds. The van der Waals surface area contributed by atoms with Crippen LogP contribution in [0.5, 0.6) is 5.75 Å². The van der Waals surface area contributed by atoms with Crippen LogP contribution in [0.15, 0.2) is 51.3 Å². The molecule has 5 heteroatoms. The molecule has 0 saturated carbocycles. The van der Waals surface area contributed by atoms with E-state index in [4.69, 9.17) is 10.3 Å². The Bertz CT molecular complexity index is 900. The van der Waals surface area contributed by atoms with Crippen LogP contribution in [0.3, 0.4) is 0 Å². The third kappa shape index (κ3) is 15.8. The molecule has 2 aromatic carbocycles. The van der Waals surface area contributed by atoms with Gasteiger partial charge in [0.1, 0.15) is 11.4 Å². The number of unbranched alkanes of at least 4 members (excludes halogenated alkanes) is 18. The van der Waals surface area contributed by atoms with Gasteiger partial charge in [-0.25, -0.2) is 5.53 Å². The number of methoxy groups -OCH3 is 1. The number of thioether (sulfide) groups is 2. The van der Waals surface area contributed by atoms with Gasteiger partial charge in [0.15, 0.2) is 0 Å². The van der Waals surface area contributed by atoms with Crippen molar-refractivity contribution < 1.29 is 4.74 Å². The summed E-state index contributed by atoms with van der Waals surface area (Å²) >= 11 is 3.78. The molecule has 0 atom stereocenters. The van der Waals surface area contributed by atoms with Crippen LogP contribution in [0.25, 0.3) is 11.1 Å². The Morgan fingerprint density at radius 3 is 1.29 bits per heavy atom. The van der Waals surface area contributed by atoms with E-state index in [2.05, 4.69) is 43.2 Å². The molecule has 0 aliphatic heterocycles. The SMILES string of the molecule is CCCCCCCCCCCCSc1cc(-c2ccc(OC)cc2)cc(SCCCCCCCCCCCC)c1N=N. The standard InChI is InChI=1S/C37H60N2OS2/c1-4-6-8-10-12-14-16-18-20-22-28-41-35-30-33(32-24-26-34(40-3)27-25-32)31-36(37(35)39-38)42-29-23-21-19-17-15-13-11-9-7-5-2/h24-27,30-31,38H,4-23,28-29H2,1-3H3. The molecule has 0 aliphatic rings. The molecular formula is C37H60N2OS2. The Balaban J connectivity index is 1.88. The van der Waals surface area contributed by atoms with E-state index in [0.29, 0.717) is 0 Å². The van der Waals surface area contributed by atoms with Crippen LogP contribution in [-0.4, -0.2) is 18.6 Å². The second-order valence-corrected chi connectivity index (χ2v) is 14.0. The third-order valence-corrected chi connectivity index (χ3v) is 10.3. The summed E-state index contributed by atoms with van der Waals surface area (Å²) in [5.41, 5.74) is 11.3. The molecular weight excluding hydrogens is 553 g/mol. The lowest BCUT2D eigenvalue weighted by molar-refractivity contribution is 0.415. The highest BCUT2D eigenvalue weighted by atomic mass is 32.2. The first-order valence-corrected chi connectivity index (χ1v) is 19.2. The molecule has 0 heterocycles. The average molecular weight is 613 g/mol. The van der Waals surface area contributed by atoms with E-state index in [1.807, 2.05) is 35.7 Å². The van der Waals surface area contributed by atoms with Crippen LogP contribution in [0.4, 0.5) is 5.69 Å². The molecule has 2 rings (SSSR count). The zero-order chi connectivity index (χ0) is 30.1. The molecule has 0 aromatic heterocycles. The zero-order valence-electron chi connectivity index (χ0n) is 27.2. The lowest BCUT2D eigenvalue weighted by Gasteiger charge is -2.14. The molecule has 0 aliphatic carbocycles. The predicted molar refractivity (Wildman–Crippen MR) is 188 cm³/mol. The van der Waals surface area contributed by atoms with E-state index in [1.54, 1.807) is 7.11 Å². The van der Waals surface area contributed by atoms with Gasteiger partial charge in [0.05, 0.1) is 7.11 Å². The second kappa shape index (κ2) is 24.9. The minimum Gasteiger partial charge on any atom is -0.497 e. The van der Waals surface area contributed by atoms with Gasteiger partial charge in [0.25, 0.3) is 0 Å². The molecule has 0 fully saturated rings. The van der Waals surface area contributed by atoms with Gasteiger partial charge in [-0.3, -0.25) is 0 Å². The summed E-state index contributed by atoms with van der Waals surface area (Å²) in [5.74, 6) is 3.06. The summed E-state index contributed by atoms with van der Waals surface area (Å²) < 4.78 is 5.39. The first kappa shape index (κ1) is 36.7. The fraction of sp³-hybridized carbons (Fsp3) is 0.676. The van der Waals surface area contributed by atoms with Crippen molar-refractivity contribution in [3.8, 4) is 16.9 Å². The summed E-state index contributed by atoms with van der Waals surface area (Å²) in [7, 11) is 1.71. The number of ether oxygens (including phenoxy) is 1. The van der Waals surface area contributed by atoms with Gasteiger partial charge in [-0.2, -0.15) is 5.11 Å². The topological polar surface area (TPSA) is 45.4 Å². The Hall–Kier alpha value is -1.46. The van der Waals surface area contributed by atoms with Crippen molar-refractivity contribution in [1.29, 1.82) is 5.53 Å². The van der Waals surface area contributed by atoms with E-state index >= 15 is 0 Å². The molecule has 236 valence electrons. The number of nitrogens with zero attached hydrogens (tertiary/aromatic N) is 1. The van der Waals surface area contributed by atoms with Crippen molar-refractivity contribution in [3.05, 3.63) is 36.4 Å². The smallest absolute Gasteiger partial charge is 0.118 e. The lowest BCUT2D eigenvalue weighted by atomic mass is 10.1. The normalized spacial score (nSPS) is 11.2. The van der Waals surface area contributed by atoms with E-state index in [0.717, 1.165) is 32.7 Å². The van der Waals surface area contributed by atoms with Gasteiger partial charge in [0, 0.05) is 9.79 Å². The molecule has 1 N–H and O–H groups in total. The third-order valence-electron chi connectivity index (χ3n) is 8.09. The monoisotopic (exact) mass is 612 g/mol. The van der Waals surface area contributed by atoms with Crippen LogP contribution < -0.4 is 4.74 Å². The lowest BCUT2D eigenvalue weighted by Crippen LogP contribution is -1.89. The van der Waals surface area contributed by atoms with Crippen molar-refractivity contribution in [2.24, 2.45) is 5.11 Å². The fourth-order valence-corrected chi connectivity index (χ4v) is 7.61. The van der Waals surface area contributed by atoms with E-state index < -0.39 is 0 Å². The maximum atomic E-state index is 8.04. The molecule has 0 radical (unpaired) electrons. The zero-order valence-corrected chi connectivity index (χ0v) is 28.8. The van der Waals surface area contributed by atoms with Crippen LogP contribution >= 0.6 is 23.5 Å². The first-order chi connectivity index (χ1) is 20.7. The molecule has 0 spiro atoms. The fourth-order valence-electron chi connectivity index (χ4n) is 5.41. The van der Waals surface area contributed by atoms with Crippen molar-refractivity contribution in [2.45, 2.75) is 152 Å². The minimum atomic E-state index is 0.862. The molecule has 0 bridgehead atoms. The summed E-state index contributed by atoms with van der Waals surface area (Å²) in [5, 5.41) is 4.06. The highest BCUT2D eigenvalue weighted by molar-refractivity contribution is 8.00. The Morgan fingerprint density at radius 1 is 0.548 bits per heavy atom. The number of nitrogens with one attached hydrogen (secondary N) is 1. The Kier molecular flexibility index (Phi) is 21.8. The molecule has 0 unspecified atom stereocenters. The van der Waals surface area contributed by atoms with Crippen LogP contribution in [-0.2, 0) is 0 Å². The number of hydrogen-bond acceptors (Lipinski definition) is 5.